The number of nitrogens with zero attached hydrogens (tertiary/aromatic N) is 1. The molecule has 0 aliphatic carbocycles. The molecule has 1 aliphatic heterocycles. The fraction of sp³-hybridized carbons (Fsp3) is 1.00. The molecule has 1 saturated heterocycles. The summed E-state index contributed by atoms with van der Waals surface area (Å²) in [5.74, 6) is 0. The predicted octanol–water partition coefficient (Wildman–Crippen LogP) is 0.456. The van der Waals surface area contributed by atoms with Crippen molar-refractivity contribution in [1.82, 2.24) is 10.2 Å². The number of aliphatic hydroxyl groups excluding tert-OH is 1. The van der Waals surface area contributed by atoms with Gasteiger partial charge < -0.3 is 15.2 Å². The second-order valence-corrected chi connectivity index (χ2v) is 4.88. The molecule has 96 valence electrons. The molecule has 0 spiro atoms. The number of ether oxygens (including phenoxy) is 1. The normalized spacial score (nSPS) is 24.9. The van der Waals surface area contributed by atoms with E-state index in [-0.39, 0.29) is 6.10 Å². The first kappa shape index (κ1) is 13.9. The average Bonchev–Trinajstić information content (AvgIpc) is 2.26. The monoisotopic (exact) mass is 230 g/mol. The molecule has 1 heterocycles. The Labute approximate surface area is 99.0 Å². The van der Waals surface area contributed by atoms with Gasteiger partial charge in [-0.05, 0) is 6.42 Å². The van der Waals surface area contributed by atoms with Gasteiger partial charge in [-0.2, -0.15) is 0 Å². The lowest BCUT2D eigenvalue weighted by Crippen LogP contribution is -2.47. The van der Waals surface area contributed by atoms with Gasteiger partial charge in [0.1, 0.15) is 0 Å². The van der Waals surface area contributed by atoms with Crippen LogP contribution in [0.1, 0.15) is 27.2 Å². The summed E-state index contributed by atoms with van der Waals surface area (Å²) >= 11 is 0. The number of hydrogen-bond donors (Lipinski definition) is 2. The predicted molar refractivity (Wildman–Crippen MR) is 65.6 cm³/mol. The molecule has 0 aromatic rings. The van der Waals surface area contributed by atoms with Gasteiger partial charge in [-0.25, -0.2) is 0 Å². The molecule has 0 aromatic carbocycles. The van der Waals surface area contributed by atoms with Crippen molar-refractivity contribution in [3.05, 3.63) is 0 Å². The van der Waals surface area contributed by atoms with Crippen LogP contribution in [0.4, 0.5) is 0 Å². The zero-order chi connectivity index (χ0) is 12.0. The third kappa shape index (κ3) is 5.25. The fourth-order valence-corrected chi connectivity index (χ4v) is 1.93. The highest BCUT2D eigenvalue weighted by Gasteiger charge is 2.20. The van der Waals surface area contributed by atoms with E-state index in [9.17, 15) is 5.11 Å². The van der Waals surface area contributed by atoms with Gasteiger partial charge in [0.05, 0.1) is 18.8 Å². The summed E-state index contributed by atoms with van der Waals surface area (Å²) in [6, 6.07) is 0.433. The van der Waals surface area contributed by atoms with Gasteiger partial charge in [-0.3, -0.25) is 4.90 Å². The molecule has 0 saturated carbocycles. The number of morpholine rings is 1. The molecule has 1 rings (SSSR count). The van der Waals surface area contributed by atoms with Crippen molar-refractivity contribution in [3.63, 3.8) is 0 Å². The third-order valence-electron chi connectivity index (χ3n) is 2.91. The van der Waals surface area contributed by atoms with Gasteiger partial charge in [0.2, 0.25) is 0 Å². The average molecular weight is 230 g/mol. The third-order valence-corrected chi connectivity index (χ3v) is 2.91. The molecule has 2 N–H and O–H groups in total. The first-order valence-electron chi connectivity index (χ1n) is 6.37. The van der Waals surface area contributed by atoms with Crippen LogP contribution < -0.4 is 5.32 Å². The molecule has 1 aliphatic rings. The molecule has 2 unspecified atom stereocenters. The van der Waals surface area contributed by atoms with Gasteiger partial charge in [0.25, 0.3) is 0 Å². The quantitative estimate of drug-likeness (QED) is 0.696. The van der Waals surface area contributed by atoms with Crippen molar-refractivity contribution in [2.45, 2.75) is 45.4 Å². The standard InChI is InChI=1S/C12H26N2O2/c1-4-12-9-14(5-6-16-12)8-11(15)7-13-10(2)3/h10-13,15H,4-9H2,1-3H3. The Hall–Kier alpha value is -0.160. The van der Waals surface area contributed by atoms with Gasteiger partial charge in [-0.1, -0.05) is 20.8 Å². The summed E-state index contributed by atoms with van der Waals surface area (Å²) in [5.41, 5.74) is 0. The lowest BCUT2D eigenvalue weighted by molar-refractivity contribution is -0.0413. The number of rotatable bonds is 6. The lowest BCUT2D eigenvalue weighted by atomic mass is 10.2. The summed E-state index contributed by atoms with van der Waals surface area (Å²) in [6.45, 7) is 10.4. The van der Waals surface area contributed by atoms with E-state index in [1.807, 2.05) is 0 Å². The molecule has 0 amide bonds. The first-order valence-corrected chi connectivity index (χ1v) is 6.37. The summed E-state index contributed by atoms with van der Waals surface area (Å²) < 4.78 is 5.60. The van der Waals surface area contributed by atoms with E-state index in [0.717, 1.165) is 32.7 Å². The number of hydrogen-bond acceptors (Lipinski definition) is 4. The lowest BCUT2D eigenvalue weighted by Gasteiger charge is -2.33. The highest BCUT2D eigenvalue weighted by molar-refractivity contribution is 4.74. The molecule has 4 nitrogen and oxygen atoms in total. The Balaban J connectivity index is 2.19. The van der Waals surface area contributed by atoms with E-state index in [0.29, 0.717) is 18.7 Å². The molecule has 1 fully saturated rings. The SMILES string of the molecule is CCC1CN(CC(O)CNC(C)C)CCO1. The Kier molecular flexibility index (Phi) is 6.28. The van der Waals surface area contributed by atoms with Crippen molar-refractivity contribution < 1.29 is 9.84 Å². The van der Waals surface area contributed by atoms with Crippen molar-refractivity contribution >= 4 is 0 Å². The van der Waals surface area contributed by atoms with Crippen LogP contribution in [0.3, 0.4) is 0 Å². The zero-order valence-corrected chi connectivity index (χ0v) is 10.8. The van der Waals surface area contributed by atoms with Crippen molar-refractivity contribution in [2.75, 3.05) is 32.8 Å². The highest BCUT2D eigenvalue weighted by atomic mass is 16.5. The highest BCUT2D eigenvalue weighted by Crippen LogP contribution is 2.08. The van der Waals surface area contributed by atoms with Crippen LogP contribution in [0.25, 0.3) is 0 Å². The van der Waals surface area contributed by atoms with Crippen LogP contribution in [0.2, 0.25) is 0 Å². The largest absolute Gasteiger partial charge is 0.390 e. The van der Waals surface area contributed by atoms with E-state index in [4.69, 9.17) is 4.74 Å². The smallest absolute Gasteiger partial charge is 0.0791 e. The van der Waals surface area contributed by atoms with Crippen LogP contribution in [0, 0.1) is 0 Å². The van der Waals surface area contributed by atoms with Gasteiger partial charge >= 0.3 is 0 Å². The van der Waals surface area contributed by atoms with E-state index >= 15 is 0 Å². The maximum Gasteiger partial charge on any atom is 0.0791 e. The fourth-order valence-electron chi connectivity index (χ4n) is 1.93. The van der Waals surface area contributed by atoms with E-state index in [2.05, 4.69) is 31.0 Å². The molecule has 2 atom stereocenters. The first-order chi connectivity index (χ1) is 7.61. The molecule has 0 bridgehead atoms. The summed E-state index contributed by atoms with van der Waals surface area (Å²) in [5, 5.41) is 13.1. The number of nitrogens with one attached hydrogen (secondary N) is 1. The van der Waals surface area contributed by atoms with Gasteiger partial charge in [0, 0.05) is 32.2 Å². The molecular weight excluding hydrogens is 204 g/mol. The van der Waals surface area contributed by atoms with Crippen LogP contribution in [-0.4, -0.2) is 61.0 Å². The van der Waals surface area contributed by atoms with Crippen LogP contribution >= 0.6 is 0 Å². The minimum atomic E-state index is -0.280. The Morgan fingerprint density at radius 2 is 2.25 bits per heavy atom. The zero-order valence-electron chi connectivity index (χ0n) is 10.8. The molecule has 4 heteroatoms. The minimum Gasteiger partial charge on any atom is -0.390 e. The Morgan fingerprint density at radius 3 is 2.88 bits per heavy atom. The van der Waals surface area contributed by atoms with Gasteiger partial charge in [0.15, 0.2) is 0 Å². The summed E-state index contributed by atoms with van der Waals surface area (Å²) in [7, 11) is 0. The Bertz CT molecular complexity index is 188. The maximum atomic E-state index is 9.86. The molecule has 16 heavy (non-hydrogen) atoms. The van der Waals surface area contributed by atoms with Crippen LogP contribution in [0.15, 0.2) is 0 Å². The van der Waals surface area contributed by atoms with E-state index < -0.39 is 0 Å². The Morgan fingerprint density at radius 1 is 1.50 bits per heavy atom. The number of aliphatic hydroxyl groups is 1. The topological polar surface area (TPSA) is 44.7 Å². The van der Waals surface area contributed by atoms with Crippen molar-refractivity contribution in [3.8, 4) is 0 Å². The van der Waals surface area contributed by atoms with E-state index in [1.165, 1.54) is 0 Å². The second kappa shape index (κ2) is 7.22. The maximum absolute atomic E-state index is 9.86. The van der Waals surface area contributed by atoms with Crippen molar-refractivity contribution in [2.24, 2.45) is 0 Å². The van der Waals surface area contributed by atoms with Crippen molar-refractivity contribution in [1.29, 1.82) is 0 Å². The molecule has 0 radical (unpaired) electrons. The number of β-amino-alcohol motifs (C(OH)–C–C–N with tert-alkyl or cyclic N) is 1. The molecular formula is C12H26N2O2. The van der Waals surface area contributed by atoms with E-state index in [1.54, 1.807) is 0 Å². The molecule has 0 aromatic heterocycles. The second-order valence-electron chi connectivity index (χ2n) is 4.88. The summed E-state index contributed by atoms with van der Waals surface area (Å²) in [4.78, 5) is 2.30. The summed E-state index contributed by atoms with van der Waals surface area (Å²) in [6.07, 6.45) is 1.12. The minimum absolute atomic E-state index is 0.280. The van der Waals surface area contributed by atoms with Crippen LogP contribution in [0.5, 0.6) is 0 Å². The van der Waals surface area contributed by atoms with Crippen LogP contribution in [-0.2, 0) is 4.74 Å². The van der Waals surface area contributed by atoms with Gasteiger partial charge in [-0.15, -0.1) is 0 Å².